The molecule has 0 saturated carbocycles. The normalized spacial score (nSPS) is 11.7. The molecule has 0 bridgehead atoms. The second kappa shape index (κ2) is 7.71. The molecule has 0 aliphatic carbocycles. The van der Waals surface area contributed by atoms with Crippen molar-refractivity contribution in [2.24, 2.45) is 0 Å². The number of aromatic nitrogens is 3. The number of hydrogen-bond acceptors (Lipinski definition) is 4. The van der Waals surface area contributed by atoms with E-state index in [-0.39, 0.29) is 34.8 Å². The van der Waals surface area contributed by atoms with Crippen LogP contribution in [0.1, 0.15) is 11.3 Å². The molecule has 2 aromatic carbocycles. The van der Waals surface area contributed by atoms with E-state index in [1.807, 2.05) is 0 Å². The van der Waals surface area contributed by atoms with Crippen LogP contribution in [0, 0.1) is 11.6 Å². The van der Waals surface area contributed by atoms with Gasteiger partial charge in [0.2, 0.25) is 0 Å². The van der Waals surface area contributed by atoms with Crippen LogP contribution in [-0.4, -0.2) is 23.0 Å². The Labute approximate surface area is 170 Å². The highest BCUT2D eigenvalue weighted by Gasteiger charge is 2.16. The van der Waals surface area contributed by atoms with Crippen LogP contribution in [0.4, 0.5) is 14.6 Å². The number of aryl methyl sites for hydroxylation is 2. The smallest absolute Gasteiger partial charge is 0.272 e. The summed E-state index contributed by atoms with van der Waals surface area (Å²) in [5.41, 5.74) is 0.297. The van der Waals surface area contributed by atoms with E-state index in [4.69, 9.17) is 0 Å². The molecule has 0 aliphatic heterocycles. The van der Waals surface area contributed by atoms with E-state index < -0.39 is 27.2 Å². The number of fused-ring (bicyclic) bond motifs is 1. The minimum atomic E-state index is -3.84. The van der Waals surface area contributed by atoms with Crippen molar-refractivity contribution in [1.29, 1.82) is 0 Å². The Morgan fingerprint density at radius 2 is 1.77 bits per heavy atom. The number of anilines is 1. The highest BCUT2D eigenvalue weighted by Crippen LogP contribution is 2.16. The number of H-pyrrole nitrogens is 1. The molecule has 0 unspecified atom stereocenters. The quantitative estimate of drug-likeness (QED) is 0.492. The zero-order chi connectivity index (χ0) is 21.3. The Morgan fingerprint density at radius 1 is 1.00 bits per heavy atom. The number of aromatic amines is 1. The fourth-order valence-corrected chi connectivity index (χ4v) is 4.06. The third-order valence-corrected chi connectivity index (χ3v) is 5.86. The van der Waals surface area contributed by atoms with Gasteiger partial charge >= 0.3 is 0 Å². The zero-order valence-electron chi connectivity index (χ0n) is 15.5. The van der Waals surface area contributed by atoms with Crippen molar-refractivity contribution < 1.29 is 17.2 Å². The maximum atomic E-state index is 13.8. The third kappa shape index (κ3) is 3.94. The molecule has 2 N–H and O–H groups in total. The minimum absolute atomic E-state index is 0.0665. The Bertz CT molecular complexity index is 1380. The largest absolute Gasteiger partial charge is 0.274 e. The zero-order valence-corrected chi connectivity index (χ0v) is 16.3. The summed E-state index contributed by atoms with van der Waals surface area (Å²) in [4.78, 5) is 16.7. The molecule has 2 heterocycles. The van der Waals surface area contributed by atoms with Crippen LogP contribution in [0.15, 0.2) is 70.4 Å². The first kappa shape index (κ1) is 19.8. The number of nitrogens with zero attached hydrogens (tertiary/aromatic N) is 2. The fraction of sp³-hybridized carbons (Fsp3) is 0.100. The summed E-state index contributed by atoms with van der Waals surface area (Å²) < 4.78 is 55.5. The van der Waals surface area contributed by atoms with Crippen molar-refractivity contribution in [3.63, 3.8) is 0 Å². The predicted octanol–water partition coefficient (Wildman–Crippen LogP) is 2.89. The van der Waals surface area contributed by atoms with Crippen LogP contribution in [0.25, 0.3) is 5.65 Å². The summed E-state index contributed by atoms with van der Waals surface area (Å²) in [5, 5.41) is 2.65. The maximum Gasteiger partial charge on any atom is 0.272 e. The van der Waals surface area contributed by atoms with E-state index in [1.54, 1.807) is 18.2 Å². The summed E-state index contributed by atoms with van der Waals surface area (Å²) >= 11 is 0. The van der Waals surface area contributed by atoms with Gasteiger partial charge in [0, 0.05) is 17.8 Å². The molecule has 30 heavy (non-hydrogen) atoms. The molecule has 0 atom stereocenters. The van der Waals surface area contributed by atoms with Crippen molar-refractivity contribution in [3.8, 4) is 0 Å². The van der Waals surface area contributed by atoms with Crippen molar-refractivity contribution in [2.75, 3.05) is 4.72 Å². The monoisotopic (exact) mass is 430 g/mol. The molecule has 0 fully saturated rings. The van der Waals surface area contributed by atoms with E-state index in [1.165, 1.54) is 36.4 Å². The number of halogens is 2. The predicted molar refractivity (Wildman–Crippen MR) is 107 cm³/mol. The van der Waals surface area contributed by atoms with E-state index in [2.05, 4.69) is 14.8 Å². The molecule has 0 saturated heterocycles. The molecule has 4 rings (SSSR count). The van der Waals surface area contributed by atoms with Crippen LogP contribution in [-0.2, 0) is 22.9 Å². The van der Waals surface area contributed by atoms with Gasteiger partial charge in [0.15, 0.2) is 17.3 Å². The number of hydrogen-bond donors (Lipinski definition) is 2. The molecular formula is C20H16F2N4O3S. The van der Waals surface area contributed by atoms with Crippen LogP contribution in [0.5, 0.6) is 0 Å². The van der Waals surface area contributed by atoms with Crippen LogP contribution in [0.3, 0.4) is 0 Å². The van der Waals surface area contributed by atoms with Gasteiger partial charge in [-0.25, -0.2) is 22.2 Å². The molecular weight excluding hydrogens is 414 g/mol. The van der Waals surface area contributed by atoms with E-state index >= 15 is 0 Å². The highest BCUT2D eigenvalue weighted by atomic mass is 32.2. The van der Waals surface area contributed by atoms with Gasteiger partial charge in [-0.15, -0.1) is 0 Å². The van der Waals surface area contributed by atoms with Gasteiger partial charge in [-0.3, -0.25) is 14.6 Å². The lowest BCUT2D eigenvalue weighted by Crippen LogP contribution is -2.17. The average Bonchev–Trinajstić information content (AvgIpc) is 3.12. The molecule has 10 heteroatoms. The van der Waals surface area contributed by atoms with Gasteiger partial charge in [0.1, 0.15) is 5.82 Å². The summed E-state index contributed by atoms with van der Waals surface area (Å²) in [6.07, 6.45) is 0.368. The van der Waals surface area contributed by atoms with E-state index in [9.17, 15) is 22.0 Å². The van der Waals surface area contributed by atoms with Gasteiger partial charge in [0.25, 0.3) is 15.6 Å². The van der Waals surface area contributed by atoms with Crippen molar-refractivity contribution >= 4 is 21.5 Å². The minimum Gasteiger partial charge on any atom is -0.274 e. The van der Waals surface area contributed by atoms with Crippen LogP contribution in [0.2, 0.25) is 0 Å². The molecule has 0 amide bonds. The highest BCUT2D eigenvalue weighted by molar-refractivity contribution is 7.92. The van der Waals surface area contributed by atoms with Gasteiger partial charge in [-0.2, -0.15) is 4.52 Å². The lowest BCUT2D eigenvalue weighted by molar-refractivity contribution is 0.498. The fourth-order valence-electron chi connectivity index (χ4n) is 3.03. The summed E-state index contributed by atoms with van der Waals surface area (Å²) in [6, 6.07) is 14.3. The van der Waals surface area contributed by atoms with Gasteiger partial charge < -0.3 is 0 Å². The molecule has 0 spiro atoms. The SMILES string of the molecule is O=c1cc(CCc2cccc(F)c2F)nc2cc(NS(=O)(=O)c3ccccc3)[nH]n12. The molecule has 154 valence electrons. The second-order valence-corrected chi connectivity index (χ2v) is 8.26. The lowest BCUT2D eigenvalue weighted by atomic mass is 10.1. The van der Waals surface area contributed by atoms with Gasteiger partial charge in [-0.05, 0) is 36.6 Å². The van der Waals surface area contributed by atoms with Crippen LogP contribution >= 0.6 is 0 Å². The standard InChI is InChI=1S/C20H16F2N4O3S/c21-16-8-4-5-13(20(16)22)9-10-14-11-19(27)26-18(23-14)12-17(24-26)25-30(28,29)15-6-2-1-3-7-15/h1-8,11-12,24-25H,9-10H2. The van der Waals surface area contributed by atoms with E-state index in [0.29, 0.717) is 5.69 Å². The van der Waals surface area contributed by atoms with Crippen molar-refractivity contribution in [1.82, 2.24) is 14.6 Å². The number of sulfonamides is 1. The Kier molecular flexibility index (Phi) is 5.08. The lowest BCUT2D eigenvalue weighted by Gasteiger charge is -2.05. The number of benzene rings is 2. The first-order chi connectivity index (χ1) is 14.3. The molecule has 7 nitrogen and oxygen atoms in total. The third-order valence-electron chi connectivity index (χ3n) is 4.48. The first-order valence-electron chi connectivity index (χ1n) is 8.96. The van der Waals surface area contributed by atoms with Crippen molar-refractivity contribution in [2.45, 2.75) is 17.7 Å². The number of nitrogens with one attached hydrogen (secondary N) is 2. The molecule has 4 aromatic rings. The molecule has 0 aliphatic rings. The Balaban J connectivity index is 1.59. The number of rotatable bonds is 6. The van der Waals surface area contributed by atoms with Crippen molar-refractivity contribution in [3.05, 3.63) is 93.9 Å². The Morgan fingerprint density at radius 3 is 2.53 bits per heavy atom. The average molecular weight is 430 g/mol. The van der Waals surface area contributed by atoms with Gasteiger partial charge in [-0.1, -0.05) is 30.3 Å². The second-order valence-electron chi connectivity index (χ2n) is 6.58. The van der Waals surface area contributed by atoms with Crippen LogP contribution < -0.4 is 10.3 Å². The maximum absolute atomic E-state index is 13.8. The van der Waals surface area contributed by atoms with E-state index in [0.717, 1.165) is 10.6 Å². The van der Waals surface area contributed by atoms with Gasteiger partial charge in [0.05, 0.1) is 4.90 Å². The summed E-state index contributed by atoms with van der Waals surface area (Å²) in [7, 11) is -3.84. The summed E-state index contributed by atoms with van der Waals surface area (Å²) in [5.74, 6) is -1.79. The first-order valence-corrected chi connectivity index (χ1v) is 10.4. The summed E-state index contributed by atoms with van der Waals surface area (Å²) in [6.45, 7) is 0. The Hall–Kier alpha value is -3.53. The topological polar surface area (TPSA) is 96.3 Å². The molecule has 0 radical (unpaired) electrons. The molecule has 2 aromatic heterocycles.